The number of carbonyl (C=O) groups excluding carboxylic acids is 1. The van der Waals surface area contributed by atoms with E-state index in [2.05, 4.69) is 20.2 Å². The number of benzene rings is 2. The maximum Gasteiger partial charge on any atom is 0.225 e. The Balaban J connectivity index is 1.43. The van der Waals surface area contributed by atoms with Crippen molar-refractivity contribution in [3.8, 4) is 0 Å². The summed E-state index contributed by atoms with van der Waals surface area (Å²) in [5, 5.41) is 3.72. The third-order valence-corrected chi connectivity index (χ3v) is 6.10. The number of rotatable bonds is 6. The molecule has 1 aromatic heterocycles. The minimum Gasteiger partial charge on any atom is -0.354 e. The second kappa shape index (κ2) is 9.71. The molecular weight excluding hydrogens is 399 g/mol. The molecule has 0 aliphatic carbocycles. The molecule has 0 bridgehead atoms. The zero-order chi connectivity index (χ0) is 20.8. The number of halogens is 1. The smallest absolute Gasteiger partial charge is 0.225 e. The fourth-order valence-corrected chi connectivity index (χ4v) is 4.46. The molecule has 0 unspecified atom stereocenters. The van der Waals surface area contributed by atoms with Gasteiger partial charge in [-0.05, 0) is 31.0 Å². The van der Waals surface area contributed by atoms with E-state index >= 15 is 0 Å². The van der Waals surface area contributed by atoms with E-state index in [1.807, 2.05) is 30.3 Å². The van der Waals surface area contributed by atoms with Crippen LogP contribution in [0.2, 0.25) is 0 Å². The molecule has 30 heavy (non-hydrogen) atoms. The van der Waals surface area contributed by atoms with Crippen LogP contribution in [0, 0.1) is 11.7 Å². The molecule has 5 nitrogen and oxygen atoms in total. The second-order valence-corrected chi connectivity index (χ2v) is 8.26. The van der Waals surface area contributed by atoms with Crippen molar-refractivity contribution in [3.63, 3.8) is 0 Å². The summed E-state index contributed by atoms with van der Waals surface area (Å²) < 4.78 is 13.8. The van der Waals surface area contributed by atoms with Gasteiger partial charge in [0.2, 0.25) is 5.91 Å². The van der Waals surface area contributed by atoms with Gasteiger partial charge >= 0.3 is 0 Å². The van der Waals surface area contributed by atoms with E-state index in [1.54, 1.807) is 42.4 Å². The summed E-state index contributed by atoms with van der Waals surface area (Å²) in [6.45, 7) is 1.60. The lowest BCUT2D eigenvalue weighted by atomic mass is 9.97. The number of amides is 1. The highest BCUT2D eigenvalue weighted by molar-refractivity contribution is 7.99. The third kappa shape index (κ3) is 4.97. The number of carbonyl (C=O) groups is 1. The van der Waals surface area contributed by atoms with Crippen LogP contribution in [-0.4, -0.2) is 29.0 Å². The van der Waals surface area contributed by atoms with E-state index in [4.69, 9.17) is 0 Å². The van der Waals surface area contributed by atoms with Gasteiger partial charge in [0.1, 0.15) is 10.8 Å². The van der Waals surface area contributed by atoms with Gasteiger partial charge in [0.15, 0.2) is 5.82 Å². The molecule has 2 heterocycles. The minimum atomic E-state index is -0.301. The maximum atomic E-state index is 13.8. The van der Waals surface area contributed by atoms with Crippen molar-refractivity contribution in [1.82, 2.24) is 15.3 Å². The Labute approximate surface area is 179 Å². The SMILES string of the molecule is O=C(NCc1ccccc1F)[C@@H]1CCCN(c2nccnc2Sc2ccccc2)C1. The number of anilines is 1. The van der Waals surface area contributed by atoms with Crippen molar-refractivity contribution in [3.05, 3.63) is 78.4 Å². The summed E-state index contributed by atoms with van der Waals surface area (Å²) >= 11 is 1.57. The minimum absolute atomic E-state index is 0.0518. The Bertz CT molecular complexity index is 1000. The van der Waals surface area contributed by atoms with Crippen LogP contribution in [0.4, 0.5) is 10.2 Å². The Morgan fingerprint density at radius 3 is 2.70 bits per heavy atom. The Morgan fingerprint density at radius 2 is 1.87 bits per heavy atom. The molecule has 2 aromatic carbocycles. The van der Waals surface area contributed by atoms with Crippen molar-refractivity contribution in [2.75, 3.05) is 18.0 Å². The van der Waals surface area contributed by atoms with Gasteiger partial charge in [0.25, 0.3) is 0 Å². The van der Waals surface area contributed by atoms with Crippen LogP contribution in [0.25, 0.3) is 0 Å². The quantitative estimate of drug-likeness (QED) is 0.642. The van der Waals surface area contributed by atoms with E-state index in [0.717, 1.165) is 35.1 Å². The fourth-order valence-electron chi connectivity index (χ4n) is 3.56. The van der Waals surface area contributed by atoms with Gasteiger partial charge in [0, 0.05) is 42.5 Å². The number of hydrogen-bond acceptors (Lipinski definition) is 5. The topological polar surface area (TPSA) is 58.1 Å². The second-order valence-electron chi connectivity index (χ2n) is 7.19. The molecule has 1 aliphatic heterocycles. The molecule has 154 valence electrons. The summed E-state index contributed by atoms with van der Waals surface area (Å²) in [5.41, 5.74) is 0.494. The third-order valence-electron chi connectivity index (χ3n) is 5.11. The van der Waals surface area contributed by atoms with Crippen molar-refractivity contribution in [2.24, 2.45) is 5.92 Å². The van der Waals surface area contributed by atoms with Gasteiger partial charge in [-0.1, -0.05) is 48.2 Å². The predicted octanol–water partition coefficient (Wildman–Crippen LogP) is 4.30. The highest BCUT2D eigenvalue weighted by Gasteiger charge is 2.28. The summed E-state index contributed by atoms with van der Waals surface area (Å²) in [7, 11) is 0. The Morgan fingerprint density at radius 1 is 1.10 bits per heavy atom. The normalized spacial score (nSPS) is 16.3. The van der Waals surface area contributed by atoms with Crippen molar-refractivity contribution < 1.29 is 9.18 Å². The molecule has 1 saturated heterocycles. The summed E-state index contributed by atoms with van der Waals surface area (Å²) in [6, 6.07) is 16.6. The average molecular weight is 423 g/mol. The van der Waals surface area contributed by atoms with Gasteiger partial charge in [0.05, 0.1) is 5.92 Å². The van der Waals surface area contributed by atoms with Gasteiger partial charge in [-0.2, -0.15) is 0 Å². The molecule has 1 aliphatic rings. The number of aromatic nitrogens is 2. The number of hydrogen-bond donors (Lipinski definition) is 1. The van der Waals surface area contributed by atoms with Crippen LogP contribution >= 0.6 is 11.8 Å². The molecule has 0 radical (unpaired) electrons. The Kier molecular flexibility index (Phi) is 6.59. The van der Waals surface area contributed by atoms with Crippen LogP contribution in [0.1, 0.15) is 18.4 Å². The maximum absolute atomic E-state index is 13.8. The first-order valence-corrected chi connectivity index (χ1v) is 10.8. The van der Waals surface area contributed by atoms with Crippen molar-refractivity contribution in [1.29, 1.82) is 0 Å². The molecular formula is C23H23FN4OS. The number of piperidine rings is 1. The van der Waals surface area contributed by atoms with Gasteiger partial charge in [-0.15, -0.1) is 0 Å². The summed E-state index contributed by atoms with van der Waals surface area (Å²) in [6.07, 6.45) is 5.08. The van der Waals surface area contributed by atoms with Crippen LogP contribution in [0.15, 0.2) is 76.9 Å². The zero-order valence-electron chi connectivity index (χ0n) is 16.5. The Hall–Kier alpha value is -2.93. The molecule has 0 spiro atoms. The highest BCUT2D eigenvalue weighted by Crippen LogP contribution is 2.33. The van der Waals surface area contributed by atoms with Crippen molar-refractivity contribution >= 4 is 23.5 Å². The standard InChI is InChI=1S/C23H23FN4OS/c24-20-11-5-4-7-17(20)15-27-22(29)18-8-6-14-28(16-18)21-23(26-13-12-25-21)30-19-9-2-1-3-10-19/h1-5,7,9-13,18H,6,8,14-16H2,(H,27,29)/t18-/m1/s1. The van der Waals surface area contributed by atoms with Gasteiger partial charge in [-0.25, -0.2) is 14.4 Å². The average Bonchev–Trinajstić information content (AvgIpc) is 2.79. The monoisotopic (exact) mass is 422 g/mol. The lowest BCUT2D eigenvalue weighted by Crippen LogP contribution is -2.43. The van der Waals surface area contributed by atoms with E-state index in [0.29, 0.717) is 12.1 Å². The van der Waals surface area contributed by atoms with Gasteiger partial charge < -0.3 is 10.2 Å². The summed E-state index contributed by atoms with van der Waals surface area (Å²) in [4.78, 5) is 25.0. The van der Waals surface area contributed by atoms with E-state index in [1.165, 1.54) is 6.07 Å². The fraction of sp³-hybridized carbons (Fsp3) is 0.261. The molecule has 1 amide bonds. The van der Waals surface area contributed by atoms with Crippen LogP contribution in [-0.2, 0) is 11.3 Å². The lowest BCUT2D eigenvalue weighted by molar-refractivity contribution is -0.125. The van der Waals surface area contributed by atoms with Crippen LogP contribution < -0.4 is 10.2 Å². The lowest BCUT2D eigenvalue weighted by Gasteiger charge is -2.33. The first-order valence-electron chi connectivity index (χ1n) is 10.0. The molecule has 4 rings (SSSR count). The molecule has 3 aromatic rings. The van der Waals surface area contributed by atoms with Gasteiger partial charge in [-0.3, -0.25) is 4.79 Å². The molecule has 1 N–H and O–H groups in total. The molecule has 0 saturated carbocycles. The van der Waals surface area contributed by atoms with E-state index in [9.17, 15) is 9.18 Å². The van der Waals surface area contributed by atoms with Crippen LogP contribution in [0.5, 0.6) is 0 Å². The summed E-state index contributed by atoms with van der Waals surface area (Å²) in [5.74, 6) is 0.286. The number of nitrogens with zero attached hydrogens (tertiary/aromatic N) is 3. The largest absolute Gasteiger partial charge is 0.354 e. The molecule has 7 heteroatoms. The molecule has 1 fully saturated rings. The number of nitrogens with one attached hydrogen (secondary N) is 1. The van der Waals surface area contributed by atoms with E-state index < -0.39 is 0 Å². The highest BCUT2D eigenvalue weighted by atomic mass is 32.2. The first kappa shape index (κ1) is 20.3. The van der Waals surface area contributed by atoms with Crippen LogP contribution in [0.3, 0.4) is 0 Å². The predicted molar refractivity (Wildman–Crippen MR) is 116 cm³/mol. The van der Waals surface area contributed by atoms with E-state index in [-0.39, 0.29) is 24.2 Å². The first-order chi connectivity index (χ1) is 14.7. The molecule has 1 atom stereocenters. The zero-order valence-corrected chi connectivity index (χ0v) is 17.3. The van der Waals surface area contributed by atoms with Crippen molar-refractivity contribution in [2.45, 2.75) is 29.3 Å².